The molecule has 0 bridgehead atoms. The van der Waals surface area contributed by atoms with Crippen LogP contribution in [0.1, 0.15) is 20.3 Å². The Morgan fingerprint density at radius 3 is 2.67 bits per heavy atom. The molecule has 0 fully saturated rings. The van der Waals surface area contributed by atoms with Crippen LogP contribution >= 0.6 is 0 Å². The first kappa shape index (κ1) is 7.96. The molecule has 0 aromatic heterocycles. The maximum atomic E-state index is 10.4. The van der Waals surface area contributed by atoms with Crippen molar-refractivity contribution in [1.29, 1.82) is 5.26 Å². The summed E-state index contributed by atoms with van der Waals surface area (Å²) in [7, 11) is 0. The SMILES string of the molecule is CC(C)CC(=O)OC#N. The zero-order valence-electron chi connectivity index (χ0n) is 5.55. The Morgan fingerprint density at radius 2 is 2.33 bits per heavy atom. The molecule has 0 radical (unpaired) electrons. The molecule has 0 aliphatic heterocycles. The number of carbonyl (C=O) groups excluding carboxylic acids is 1. The number of esters is 1. The summed E-state index contributed by atoms with van der Waals surface area (Å²) in [6.45, 7) is 3.78. The van der Waals surface area contributed by atoms with Crippen molar-refractivity contribution in [3.63, 3.8) is 0 Å². The third kappa shape index (κ3) is 4.82. The highest BCUT2D eigenvalue weighted by atomic mass is 16.5. The number of ether oxygens (including phenoxy) is 1. The summed E-state index contributed by atoms with van der Waals surface area (Å²) in [6.07, 6.45) is 1.64. The number of carbonyl (C=O) groups is 1. The molecule has 0 N–H and O–H groups in total. The topological polar surface area (TPSA) is 50.1 Å². The van der Waals surface area contributed by atoms with Gasteiger partial charge in [0.15, 0.2) is 0 Å². The Morgan fingerprint density at radius 1 is 1.78 bits per heavy atom. The van der Waals surface area contributed by atoms with E-state index < -0.39 is 5.97 Å². The molecule has 0 aromatic rings. The third-order valence-corrected chi connectivity index (χ3v) is 0.734. The van der Waals surface area contributed by atoms with Crippen LogP contribution in [0.3, 0.4) is 0 Å². The number of rotatable bonds is 2. The van der Waals surface area contributed by atoms with Gasteiger partial charge in [-0.3, -0.25) is 4.79 Å². The van der Waals surface area contributed by atoms with Gasteiger partial charge in [-0.05, 0) is 5.92 Å². The number of nitrogens with zero attached hydrogens (tertiary/aromatic N) is 1. The van der Waals surface area contributed by atoms with Crippen molar-refractivity contribution in [3.8, 4) is 6.26 Å². The monoisotopic (exact) mass is 127 g/mol. The second kappa shape index (κ2) is 3.90. The normalized spacial score (nSPS) is 8.67. The molecule has 50 valence electrons. The summed E-state index contributed by atoms with van der Waals surface area (Å²) >= 11 is 0. The maximum absolute atomic E-state index is 10.4. The summed E-state index contributed by atoms with van der Waals surface area (Å²) in [5.74, 6) is -0.196. The fourth-order valence-corrected chi connectivity index (χ4v) is 0.426. The van der Waals surface area contributed by atoms with E-state index >= 15 is 0 Å². The molecule has 9 heavy (non-hydrogen) atoms. The minimum Gasteiger partial charge on any atom is -0.351 e. The predicted molar refractivity (Wildman–Crippen MR) is 31.2 cm³/mol. The molecule has 0 amide bonds. The highest BCUT2D eigenvalue weighted by Crippen LogP contribution is 1.99. The van der Waals surface area contributed by atoms with E-state index in [4.69, 9.17) is 5.26 Å². The van der Waals surface area contributed by atoms with Crippen molar-refractivity contribution in [2.45, 2.75) is 20.3 Å². The molecule has 3 nitrogen and oxygen atoms in total. The quantitative estimate of drug-likeness (QED) is 0.411. The summed E-state index contributed by atoms with van der Waals surface area (Å²) < 4.78 is 4.02. The van der Waals surface area contributed by atoms with Crippen LogP contribution < -0.4 is 0 Å². The van der Waals surface area contributed by atoms with Gasteiger partial charge >= 0.3 is 5.97 Å². The van der Waals surface area contributed by atoms with E-state index in [2.05, 4.69) is 4.74 Å². The average molecular weight is 127 g/mol. The predicted octanol–water partition coefficient (Wildman–Crippen LogP) is 1.06. The van der Waals surface area contributed by atoms with Gasteiger partial charge in [0.05, 0.1) is 0 Å². The van der Waals surface area contributed by atoms with Crippen LogP contribution in [0, 0.1) is 17.4 Å². The maximum Gasteiger partial charge on any atom is 0.321 e. The van der Waals surface area contributed by atoms with Crippen molar-refractivity contribution >= 4 is 5.97 Å². The molecule has 0 unspecified atom stereocenters. The zero-order chi connectivity index (χ0) is 7.28. The molecular weight excluding hydrogens is 118 g/mol. The molecule has 0 saturated heterocycles. The molecule has 0 aliphatic rings. The van der Waals surface area contributed by atoms with E-state index in [0.29, 0.717) is 6.42 Å². The number of nitriles is 1. The van der Waals surface area contributed by atoms with Crippen LogP contribution in [0.15, 0.2) is 0 Å². The van der Waals surface area contributed by atoms with Crippen LogP contribution in [0.2, 0.25) is 0 Å². The van der Waals surface area contributed by atoms with Crippen molar-refractivity contribution in [2.75, 3.05) is 0 Å². The first-order chi connectivity index (χ1) is 4.16. The number of hydrogen-bond donors (Lipinski definition) is 0. The summed E-state index contributed by atoms with van der Waals surface area (Å²) in [4.78, 5) is 10.4. The Labute approximate surface area is 54.2 Å². The fourth-order valence-electron chi connectivity index (χ4n) is 0.426. The van der Waals surface area contributed by atoms with Gasteiger partial charge in [-0.1, -0.05) is 13.8 Å². The minimum atomic E-state index is -0.451. The van der Waals surface area contributed by atoms with Crippen LogP contribution in [-0.4, -0.2) is 5.97 Å². The largest absolute Gasteiger partial charge is 0.351 e. The second-order valence-electron chi connectivity index (χ2n) is 2.16. The van der Waals surface area contributed by atoms with Gasteiger partial charge in [0.1, 0.15) is 0 Å². The van der Waals surface area contributed by atoms with E-state index in [0.717, 1.165) is 0 Å². The van der Waals surface area contributed by atoms with Gasteiger partial charge < -0.3 is 4.74 Å². The minimum absolute atomic E-state index is 0.255. The van der Waals surface area contributed by atoms with Gasteiger partial charge in [-0.25, -0.2) is 0 Å². The lowest BCUT2D eigenvalue weighted by Crippen LogP contribution is -2.03. The van der Waals surface area contributed by atoms with Gasteiger partial charge in [-0.15, -0.1) is 5.26 Å². The first-order valence-electron chi connectivity index (χ1n) is 2.75. The highest BCUT2D eigenvalue weighted by Gasteiger charge is 2.04. The van der Waals surface area contributed by atoms with Gasteiger partial charge in [0.2, 0.25) is 0 Å². The Kier molecular flexibility index (Phi) is 3.45. The molecule has 0 atom stereocenters. The molecule has 0 heterocycles. The number of hydrogen-bond acceptors (Lipinski definition) is 3. The Balaban J connectivity index is 3.42. The van der Waals surface area contributed by atoms with Crippen molar-refractivity contribution in [2.24, 2.45) is 5.92 Å². The lowest BCUT2D eigenvalue weighted by Gasteiger charge is -1.97. The average Bonchev–Trinajstić information content (AvgIpc) is 1.63. The zero-order valence-corrected chi connectivity index (χ0v) is 5.55. The Bertz CT molecular complexity index is 134. The van der Waals surface area contributed by atoms with Gasteiger partial charge in [-0.2, -0.15) is 0 Å². The van der Waals surface area contributed by atoms with E-state index in [9.17, 15) is 4.79 Å². The smallest absolute Gasteiger partial charge is 0.321 e. The second-order valence-corrected chi connectivity index (χ2v) is 2.16. The van der Waals surface area contributed by atoms with E-state index in [-0.39, 0.29) is 5.92 Å². The third-order valence-electron chi connectivity index (χ3n) is 0.734. The summed E-state index contributed by atoms with van der Waals surface area (Å²) in [6, 6.07) is 0. The van der Waals surface area contributed by atoms with Gasteiger partial charge in [0, 0.05) is 6.42 Å². The van der Waals surface area contributed by atoms with Crippen LogP contribution in [-0.2, 0) is 9.53 Å². The molecule has 3 heteroatoms. The van der Waals surface area contributed by atoms with Crippen LogP contribution in [0.4, 0.5) is 0 Å². The molecular formula is C6H9NO2. The summed E-state index contributed by atoms with van der Waals surface area (Å²) in [5, 5.41) is 7.86. The van der Waals surface area contributed by atoms with E-state index in [1.807, 2.05) is 13.8 Å². The lowest BCUT2D eigenvalue weighted by atomic mass is 10.1. The van der Waals surface area contributed by atoms with E-state index in [1.54, 1.807) is 0 Å². The molecule has 0 aromatic carbocycles. The summed E-state index contributed by atoms with van der Waals surface area (Å²) in [5.41, 5.74) is 0. The van der Waals surface area contributed by atoms with Crippen molar-refractivity contribution < 1.29 is 9.53 Å². The van der Waals surface area contributed by atoms with Crippen LogP contribution in [0.5, 0.6) is 0 Å². The first-order valence-corrected chi connectivity index (χ1v) is 2.75. The van der Waals surface area contributed by atoms with Gasteiger partial charge in [0.25, 0.3) is 6.26 Å². The lowest BCUT2D eigenvalue weighted by molar-refractivity contribution is -0.137. The molecule has 0 aliphatic carbocycles. The molecule has 0 rings (SSSR count). The van der Waals surface area contributed by atoms with Crippen LogP contribution in [0.25, 0.3) is 0 Å². The van der Waals surface area contributed by atoms with Crippen molar-refractivity contribution in [3.05, 3.63) is 0 Å². The fraction of sp³-hybridized carbons (Fsp3) is 0.667. The molecule has 0 spiro atoms. The Hall–Kier alpha value is -1.04. The highest BCUT2D eigenvalue weighted by molar-refractivity contribution is 5.70. The van der Waals surface area contributed by atoms with E-state index in [1.165, 1.54) is 6.26 Å². The standard InChI is InChI=1S/C6H9NO2/c1-5(2)3-6(8)9-4-7/h5H,3H2,1-2H3. The molecule has 0 saturated carbocycles. The van der Waals surface area contributed by atoms with Crippen molar-refractivity contribution in [1.82, 2.24) is 0 Å².